The summed E-state index contributed by atoms with van der Waals surface area (Å²) >= 11 is 0. The van der Waals surface area contributed by atoms with Crippen LogP contribution in [0.5, 0.6) is 0 Å². The maximum atomic E-state index is 11.7. The second-order valence-electron chi connectivity index (χ2n) is 5.67. The topological polar surface area (TPSA) is 80.5 Å². The highest BCUT2D eigenvalue weighted by Gasteiger charge is 2.12. The highest BCUT2D eigenvalue weighted by molar-refractivity contribution is 7.90. The van der Waals surface area contributed by atoms with E-state index < -0.39 is 9.84 Å². The number of sulfone groups is 1. The molecule has 0 spiro atoms. The number of aryl methyl sites for hydroxylation is 1. The Labute approximate surface area is 140 Å². The third kappa shape index (κ3) is 3.03. The van der Waals surface area contributed by atoms with Gasteiger partial charge in [-0.15, -0.1) is 0 Å². The van der Waals surface area contributed by atoms with Gasteiger partial charge in [-0.3, -0.25) is 4.79 Å². The van der Waals surface area contributed by atoms with Gasteiger partial charge < -0.3 is 9.72 Å². The number of anilines is 1. The summed E-state index contributed by atoms with van der Waals surface area (Å²) in [6, 6.07) is 10.5. The normalized spacial score (nSPS) is 11.6. The maximum Gasteiger partial charge on any atom is 0.222 e. The molecule has 2 aromatic heterocycles. The van der Waals surface area contributed by atoms with Crippen LogP contribution < -0.4 is 5.32 Å². The van der Waals surface area contributed by atoms with Crippen LogP contribution in [0.4, 0.5) is 5.82 Å². The second-order valence-corrected chi connectivity index (χ2v) is 7.69. The molecule has 24 heavy (non-hydrogen) atoms. The molecule has 0 aliphatic carbocycles. The number of nitrogens with zero attached hydrogens (tertiary/aromatic N) is 2. The van der Waals surface area contributed by atoms with E-state index in [4.69, 9.17) is 0 Å². The van der Waals surface area contributed by atoms with Crippen molar-refractivity contribution in [1.82, 2.24) is 9.38 Å². The quantitative estimate of drug-likeness (QED) is 0.793. The van der Waals surface area contributed by atoms with E-state index in [0.29, 0.717) is 11.5 Å². The van der Waals surface area contributed by atoms with Gasteiger partial charge in [-0.25, -0.2) is 13.4 Å². The van der Waals surface area contributed by atoms with Gasteiger partial charge in [0, 0.05) is 19.4 Å². The Bertz CT molecular complexity index is 1050. The first-order chi connectivity index (χ1) is 11.3. The van der Waals surface area contributed by atoms with Crippen molar-refractivity contribution in [3.63, 3.8) is 0 Å². The fourth-order valence-corrected chi connectivity index (χ4v) is 3.19. The first-order valence-electron chi connectivity index (χ1n) is 7.32. The van der Waals surface area contributed by atoms with Gasteiger partial charge in [-0.1, -0.05) is 12.1 Å². The second kappa shape index (κ2) is 5.76. The van der Waals surface area contributed by atoms with Gasteiger partial charge in [0.25, 0.3) is 0 Å². The van der Waals surface area contributed by atoms with Crippen molar-refractivity contribution in [1.29, 1.82) is 0 Å². The van der Waals surface area contributed by atoms with E-state index in [1.807, 2.05) is 35.7 Å². The Morgan fingerprint density at radius 2 is 1.92 bits per heavy atom. The molecule has 3 rings (SSSR count). The van der Waals surface area contributed by atoms with Crippen LogP contribution in [0, 0.1) is 6.92 Å². The summed E-state index contributed by atoms with van der Waals surface area (Å²) in [4.78, 5) is 15.9. The van der Waals surface area contributed by atoms with Crippen molar-refractivity contribution in [3.8, 4) is 11.1 Å². The highest BCUT2D eigenvalue weighted by Crippen LogP contribution is 2.25. The van der Waals surface area contributed by atoms with Gasteiger partial charge in [0.05, 0.1) is 10.6 Å². The molecular formula is C17H17N3O3S. The zero-order valence-corrected chi connectivity index (χ0v) is 14.4. The molecule has 3 aromatic rings. The zero-order chi connectivity index (χ0) is 17.5. The lowest BCUT2D eigenvalue weighted by Gasteiger charge is -2.06. The third-order valence-electron chi connectivity index (χ3n) is 3.75. The van der Waals surface area contributed by atoms with Crippen molar-refractivity contribution in [2.75, 3.05) is 11.6 Å². The van der Waals surface area contributed by atoms with E-state index in [2.05, 4.69) is 10.3 Å². The number of amides is 1. The van der Waals surface area contributed by atoms with Gasteiger partial charge in [-0.05, 0) is 42.3 Å². The number of fused-ring (bicyclic) bond motifs is 1. The van der Waals surface area contributed by atoms with E-state index >= 15 is 0 Å². The predicted octanol–water partition coefficient (Wildman–Crippen LogP) is 2.67. The first kappa shape index (κ1) is 16.2. The van der Waals surface area contributed by atoms with Crippen molar-refractivity contribution < 1.29 is 13.2 Å². The molecule has 0 aliphatic heterocycles. The number of aromatic nitrogens is 2. The molecule has 0 radical (unpaired) electrons. The van der Waals surface area contributed by atoms with Crippen LogP contribution in [0.3, 0.4) is 0 Å². The summed E-state index contributed by atoms with van der Waals surface area (Å²) < 4.78 is 25.3. The molecule has 1 N–H and O–H groups in total. The van der Waals surface area contributed by atoms with Crippen molar-refractivity contribution in [2.24, 2.45) is 0 Å². The number of carbonyl (C=O) groups excluding carboxylic acids is 1. The summed E-state index contributed by atoms with van der Waals surface area (Å²) in [5, 5.41) is 2.70. The third-order valence-corrected chi connectivity index (χ3v) is 4.86. The van der Waals surface area contributed by atoms with Gasteiger partial charge in [-0.2, -0.15) is 0 Å². The monoisotopic (exact) mass is 343 g/mol. The largest absolute Gasteiger partial charge is 0.309 e. The highest BCUT2D eigenvalue weighted by atomic mass is 32.2. The fraction of sp³-hybridized carbons (Fsp3) is 0.176. The molecule has 1 aromatic carbocycles. The van der Waals surface area contributed by atoms with Crippen molar-refractivity contribution in [2.45, 2.75) is 18.7 Å². The maximum absolute atomic E-state index is 11.7. The predicted molar refractivity (Wildman–Crippen MR) is 92.8 cm³/mol. The smallest absolute Gasteiger partial charge is 0.222 e. The van der Waals surface area contributed by atoms with E-state index in [1.165, 1.54) is 13.2 Å². The Balaban J connectivity index is 2.11. The molecule has 0 aliphatic rings. The summed E-state index contributed by atoms with van der Waals surface area (Å²) in [7, 11) is -3.26. The molecule has 7 heteroatoms. The average Bonchev–Trinajstić information content (AvgIpc) is 2.82. The minimum atomic E-state index is -3.26. The molecule has 0 bridgehead atoms. The summed E-state index contributed by atoms with van der Waals surface area (Å²) in [5.41, 5.74) is 3.18. The van der Waals surface area contributed by atoms with Crippen LogP contribution in [0.25, 0.3) is 16.8 Å². The Morgan fingerprint density at radius 1 is 1.17 bits per heavy atom. The van der Waals surface area contributed by atoms with E-state index in [0.717, 1.165) is 16.8 Å². The van der Waals surface area contributed by atoms with Gasteiger partial charge in [0.15, 0.2) is 15.7 Å². The van der Waals surface area contributed by atoms with Gasteiger partial charge in [0.2, 0.25) is 5.91 Å². The van der Waals surface area contributed by atoms with Gasteiger partial charge >= 0.3 is 0 Å². The number of hydrogen-bond donors (Lipinski definition) is 1. The lowest BCUT2D eigenvalue weighted by molar-refractivity contribution is -0.114. The molecule has 0 atom stereocenters. The lowest BCUT2D eigenvalue weighted by atomic mass is 10.1. The summed E-state index contributed by atoms with van der Waals surface area (Å²) in [6.07, 6.45) is 3.07. The average molecular weight is 343 g/mol. The number of imidazole rings is 1. The zero-order valence-electron chi connectivity index (χ0n) is 13.6. The summed E-state index contributed by atoms with van der Waals surface area (Å²) in [6.45, 7) is 3.30. The minimum absolute atomic E-state index is 0.178. The SMILES string of the molecule is CC(=O)Nc1nc2ccc(-c3cccc(S(C)(=O)=O)c3)cn2c1C. The molecule has 0 saturated heterocycles. The van der Waals surface area contributed by atoms with Crippen LogP contribution in [0.15, 0.2) is 47.5 Å². The molecule has 2 heterocycles. The van der Waals surface area contributed by atoms with Crippen LogP contribution >= 0.6 is 0 Å². The Morgan fingerprint density at radius 3 is 2.58 bits per heavy atom. The Kier molecular flexibility index (Phi) is 3.88. The fourth-order valence-electron chi connectivity index (χ4n) is 2.52. The number of nitrogens with one attached hydrogen (secondary N) is 1. The minimum Gasteiger partial charge on any atom is -0.309 e. The number of benzene rings is 1. The van der Waals surface area contributed by atoms with E-state index in [1.54, 1.807) is 18.2 Å². The van der Waals surface area contributed by atoms with E-state index in [9.17, 15) is 13.2 Å². The van der Waals surface area contributed by atoms with Crippen molar-refractivity contribution >= 4 is 27.2 Å². The van der Waals surface area contributed by atoms with Crippen LogP contribution in [-0.2, 0) is 14.6 Å². The molecule has 0 fully saturated rings. The molecule has 124 valence electrons. The number of pyridine rings is 1. The van der Waals surface area contributed by atoms with E-state index in [-0.39, 0.29) is 10.8 Å². The molecule has 1 amide bonds. The standard InChI is InChI=1S/C17H17N3O3S/c1-11-17(18-12(2)21)19-16-8-7-14(10-20(11)16)13-5-4-6-15(9-13)24(3,22)23/h4-10H,1-3H3,(H,18,21). The molecule has 0 saturated carbocycles. The molecule has 0 unspecified atom stereocenters. The molecular weight excluding hydrogens is 326 g/mol. The van der Waals surface area contributed by atoms with Crippen molar-refractivity contribution in [3.05, 3.63) is 48.3 Å². The number of carbonyl (C=O) groups is 1. The number of hydrogen-bond acceptors (Lipinski definition) is 4. The lowest BCUT2D eigenvalue weighted by Crippen LogP contribution is -2.07. The van der Waals surface area contributed by atoms with Gasteiger partial charge in [0.1, 0.15) is 5.65 Å². The van der Waals surface area contributed by atoms with Crippen LogP contribution in [0.1, 0.15) is 12.6 Å². The van der Waals surface area contributed by atoms with Crippen LogP contribution in [0.2, 0.25) is 0 Å². The van der Waals surface area contributed by atoms with Crippen LogP contribution in [-0.4, -0.2) is 30.0 Å². The summed E-state index contributed by atoms with van der Waals surface area (Å²) in [5.74, 6) is 0.340. The molecule has 6 nitrogen and oxygen atoms in total. The number of rotatable bonds is 3. The Hall–Kier alpha value is -2.67. The first-order valence-corrected chi connectivity index (χ1v) is 9.21.